The Kier molecular flexibility index (Phi) is 17.7. The molecule has 0 atom stereocenters. The first kappa shape index (κ1) is 25.7. The van der Waals surface area contributed by atoms with E-state index in [0.717, 1.165) is 24.8 Å². The van der Waals surface area contributed by atoms with Crippen molar-refractivity contribution >= 4 is 5.97 Å². The minimum atomic E-state index is -0.0704. The van der Waals surface area contributed by atoms with Crippen LogP contribution in [0.5, 0.6) is 0 Å². The molecule has 1 N–H and O–H groups in total. The van der Waals surface area contributed by atoms with E-state index in [2.05, 4.69) is 0 Å². The molecular formula is C26H44O3. The van der Waals surface area contributed by atoms with Crippen molar-refractivity contribution in [3.05, 3.63) is 35.9 Å². The van der Waals surface area contributed by atoms with Gasteiger partial charge in [-0.3, -0.25) is 4.79 Å². The van der Waals surface area contributed by atoms with E-state index in [4.69, 9.17) is 9.84 Å². The fourth-order valence-corrected chi connectivity index (χ4v) is 3.67. The number of aliphatic hydroxyl groups is 1. The van der Waals surface area contributed by atoms with Crippen molar-refractivity contribution in [1.29, 1.82) is 0 Å². The van der Waals surface area contributed by atoms with Crippen molar-refractivity contribution in [2.45, 2.75) is 116 Å². The molecule has 1 aromatic carbocycles. The van der Waals surface area contributed by atoms with Crippen LogP contribution in [0.4, 0.5) is 0 Å². The maximum absolute atomic E-state index is 11.7. The average molecular weight is 405 g/mol. The van der Waals surface area contributed by atoms with E-state index in [-0.39, 0.29) is 5.97 Å². The Balaban J connectivity index is 1.74. The maximum Gasteiger partial charge on any atom is 0.306 e. The monoisotopic (exact) mass is 404 g/mol. The molecule has 0 saturated carbocycles. The summed E-state index contributed by atoms with van der Waals surface area (Å²) in [6, 6.07) is 9.86. The summed E-state index contributed by atoms with van der Waals surface area (Å²) in [6.07, 6.45) is 21.0. The fraction of sp³-hybridized carbons (Fsp3) is 0.731. The second-order valence-electron chi connectivity index (χ2n) is 8.28. The Hall–Kier alpha value is -1.35. The Morgan fingerprint density at radius 1 is 0.621 bits per heavy atom. The quantitative estimate of drug-likeness (QED) is 0.182. The molecule has 0 unspecified atom stereocenters. The lowest BCUT2D eigenvalue weighted by molar-refractivity contribution is -0.145. The van der Waals surface area contributed by atoms with Crippen molar-refractivity contribution in [2.75, 3.05) is 6.61 Å². The number of hydrogen-bond donors (Lipinski definition) is 1. The molecule has 0 spiro atoms. The highest BCUT2D eigenvalue weighted by molar-refractivity contribution is 5.69. The number of esters is 1. The van der Waals surface area contributed by atoms with E-state index in [0.29, 0.717) is 19.6 Å². The summed E-state index contributed by atoms with van der Waals surface area (Å²) in [5, 5.41) is 8.74. The van der Waals surface area contributed by atoms with Gasteiger partial charge in [0, 0.05) is 13.0 Å². The molecule has 0 saturated heterocycles. The van der Waals surface area contributed by atoms with E-state index in [1.165, 1.54) is 83.5 Å². The molecular weight excluding hydrogens is 360 g/mol. The number of unbranched alkanes of at least 4 members (excludes halogenated alkanes) is 15. The third-order valence-corrected chi connectivity index (χ3v) is 5.53. The third kappa shape index (κ3) is 17.2. The SMILES string of the molecule is O=C(CCCCCCCCCCCCCCCCCCO)OCc1ccccc1. The summed E-state index contributed by atoms with van der Waals surface area (Å²) in [6.45, 7) is 0.744. The summed E-state index contributed by atoms with van der Waals surface area (Å²) in [5.41, 5.74) is 1.05. The predicted octanol–water partition coefficient (Wildman–Crippen LogP) is 7.35. The number of carbonyl (C=O) groups is 1. The smallest absolute Gasteiger partial charge is 0.306 e. The maximum atomic E-state index is 11.7. The summed E-state index contributed by atoms with van der Waals surface area (Å²) in [7, 11) is 0. The molecule has 3 heteroatoms. The number of aliphatic hydroxyl groups excluding tert-OH is 1. The average Bonchev–Trinajstić information content (AvgIpc) is 2.75. The Morgan fingerprint density at radius 2 is 1.03 bits per heavy atom. The molecule has 0 radical (unpaired) electrons. The lowest BCUT2D eigenvalue weighted by Crippen LogP contribution is -2.04. The van der Waals surface area contributed by atoms with Crippen molar-refractivity contribution in [2.24, 2.45) is 0 Å². The second-order valence-corrected chi connectivity index (χ2v) is 8.28. The first-order valence-corrected chi connectivity index (χ1v) is 12.1. The molecule has 0 aliphatic carbocycles. The van der Waals surface area contributed by atoms with Crippen molar-refractivity contribution in [3.63, 3.8) is 0 Å². The number of carbonyl (C=O) groups excluding carboxylic acids is 1. The van der Waals surface area contributed by atoms with Crippen molar-refractivity contribution in [3.8, 4) is 0 Å². The van der Waals surface area contributed by atoms with Gasteiger partial charge in [-0.15, -0.1) is 0 Å². The van der Waals surface area contributed by atoms with Crippen LogP contribution in [0.25, 0.3) is 0 Å². The Morgan fingerprint density at radius 3 is 1.48 bits per heavy atom. The van der Waals surface area contributed by atoms with Gasteiger partial charge in [-0.25, -0.2) is 0 Å². The van der Waals surface area contributed by atoms with Crippen LogP contribution in [0.1, 0.15) is 115 Å². The van der Waals surface area contributed by atoms with Crippen LogP contribution in [0.15, 0.2) is 30.3 Å². The zero-order chi connectivity index (χ0) is 20.8. The van der Waals surface area contributed by atoms with Crippen LogP contribution in [-0.4, -0.2) is 17.7 Å². The summed E-state index contributed by atoms with van der Waals surface area (Å²) in [4.78, 5) is 11.7. The molecule has 0 amide bonds. The summed E-state index contributed by atoms with van der Waals surface area (Å²) in [5.74, 6) is -0.0704. The molecule has 1 aromatic rings. The lowest BCUT2D eigenvalue weighted by atomic mass is 10.0. The lowest BCUT2D eigenvalue weighted by Gasteiger charge is -2.05. The van der Waals surface area contributed by atoms with E-state index in [9.17, 15) is 4.79 Å². The van der Waals surface area contributed by atoms with E-state index < -0.39 is 0 Å². The Labute approximate surface area is 179 Å². The van der Waals surface area contributed by atoms with Crippen LogP contribution in [0.3, 0.4) is 0 Å². The normalized spacial score (nSPS) is 10.9. The largest absolute Gasteiger partial charge is 0.461 e. The number of benzene rings is 1. The molecule has 0 aliphatic heterocycles. The number of ether oxygens (including phenoxy) is 1. The summed E-state index contributed by atoms with van der Waals surface area (Å²) < 4.78 is 5.31. The van der Waals surface area contributed by atoms with E-state index >= 15 is 0 Å². The zero-order valence-corrected chi connectivity index (χ0v) is 18.6. The molecule has 29 heavy (non-hydrogen) atoms. The van der Waals surface area contributed by atoms with Crippen molar-refractivity contribution < 1.29 is 14.6 Å². The second kappa shape index (κ2) is 19.9. The van der Waals surface area contributed by atoms with Crippen LogP contribution in [0.2, 0.25) is 0 Å². The molecule has 0 fully saturated rings. The molecule has 0 aromatic heterocycles. The summed E-state index contributed by atoms with van der Waals surface area (Å²) >= 11 is 0. The van der Waals surface area contributed by atoms with Crippen LogP contribution < -0.4 is 0 Å². The van der Waals surface area contributed by atoms with Crippen LogP contribution in [-0.2, 0) is 16.1 Å². The highest BCUT2D eigenvalue weighted by atomic mass is 16.5. The fourth-order valence-electron chi connectivity index (χ4n) is 3.67. The van der Waals surface area contributed by atoms with Crippen molar-refractivity contribution in [1.82, 2.24) is 0 Å². The third-order valence-electron chi connectivity index (χ3n) is 5.53. The van der Waals surface area contributed by atoms with Gasteiger partial charge in [0.05, 0.1) is 0 Å². The number of rotatable bonds is 20. The van der Waals surface area contributed by atoms with Crippen LogP contribution in [0, 0.1) is 0 Å². The molecule has 0 bridgehead atoms. The van der Waals surface area contributed by atoms with Gasteiger partial charge in [-0.1, -0.05) is 120 Å². The molecule has 1 rings (SSSR count). The highest BCUT2D eigenvalue weighted by Gasteiger charge is 2.03. The molecule has 0 heterocycles. The van der Waals surface area contributed by atoms with E-state index in [1.807, 2.05) is 30.3 Å². The van der Waals surface area contributed by atoms with Gasteiger partial charge in [-0.05, 0) is 18.4 Å². The first-order valence-electron chi connectivity index (χ1n) is 12.1. The van der Waals surface area contributed by atoms with Crippen LogP contribution >= 0.6 is 0 Å². The van der Waals surface area contributed by atoms with Gasteiger partial charge in [0.15, 0.2) is 0 Å². The van der Waals surface area contributed by atoms with Gasteiger partial charge in [-0.2, -0.15) is 0 Å². The highest BCUT2D eigenvalue weighted by Crippen LogP contribution is 2.14. The topological polar surface area (TPSA) is 46.5 Å². The molecule has 3 nitrogen and oxygen atoms in total. The molecule has 0 aliphatic rings. The first-order chi connectivity index (χ1) is 14.3. The van der Waals surface area contributed by atoms with Gasteiger partial charge >= 0.3 is 5.97 Å². The Bertz CT molecular complexity index is 472. The van der Waals surface area contributed by atoms with E-state index in [1.54, 1.807) is 0 Å². The standard InChI is InChI=1S/C26H44O3/c27-23-19-14-12-10-8-6-4-2-1-3-5-7-9-11-13-18-22-26(28)29-24-25-20-16-15-17-21-25/h15-17,20-21,27H,1-14,18-19,22-24H2. The minimum Gasteiger partial charge on any atom is -0.461 e. The number of hydrogen-bond acceptors (Lipinski definition) is 3. The predicted molar refractivity (Wildman–Crippen MR) is 122 cm³/mol. The van der Waals surface area contributed by atoms with Gasteiger partial charge in [0.2, 0.25) is 0 Å². The van der Waals surface area contributed by atoms with Gasteiger partial charge < -0.3 is 9.84 Å². The zero-order valence-electron chi connectivity index (χ0n) is 18.6. The molecule has 166 valence electrons. The van der Waals surface area contributed by atoms with Gasteiger partial charge in [0.1, 0.15) is 6.61 Å². The van der Waals surface area contributed by atoms with Gasteiger partial charge in [0.25, 0.3) is 0 Å². The minimum absolute atomic E-state index is 0.0704.